The number of hydrogen-bond acceptors (Lipinski definition) is 1. The van der Waals surface area contributed by atoms with E-state index in [1.807, 2.05) is 0 Å². The first-order chi connectivity index (χ1) is 16.5. The predicted octanol–water partition coefficient (Wildman–Crippen LogP) is 9.52. The van der Waals surface area contributed by atoms with Crippen LogP contribution in [0.2, 0.25) is 0 Å². The zero-order chi connectivity index (χ0) is 23.8. The Hall–Kier alpha value is -2.51. The van der Waals surface area contributed by atoms with E-state index in [2.05, 4.69) is 124 Å². The quantitative estimate of drug-likeness (QED) is 0.299. The van der Waals surface area contributed by atoms with Crippen LogP contribution in [0.5, 0.6) is 0 Å². The summed E-state index contributed by atoms with van der Waals surface area (Å²) in [5.74, 6) is 1.21. The summed E-state index contributed by atoms with van der Waals surface area (Å²) in [5, 5.41) is 0. The van der Waals surface area contributed by atoms with Crippen molar-refractivity contribution in [2.75, 3.05) is 5.75 Å². The smallest absolute Gasteiger partial charge is 0.0755 e. The zero-order valence-corrected chi connectivity index (χ0v) is 21.8. The largest absolute Gasteiger partial charge is 0.129 e. The topological polar surface area (TPSA) is 0 Å². The van der Waals surface area contributed by atoms with Gasteiger partial charge in [-0.25, -0.2) is 0 Å². The Morgan fingerprint density at radius 3 is 1.97 bits per heavy atom. The van der Waals surface area contributed by atoms with Crippen molar-refractivity contribution in [3.05, 3.63) is 118 Å². The molecule has 0 amide bonds. The lowest BCUT2D eigenvalue weighted by atomic mass is 9.76. The summed E-state index contributed by atoms with van der Waals surface area (Å²) in [4.78, 5) is 1.61. The fourth-order valence-corrected chi connectivity index (χ4v) is 7.53. The Kier molecular flexibility index (Phi) is 6.34. The average Bonchev–Trinajstić information content (AvgIpc) is 3.43. The minimum Gasteiger partial charge on any atom is -0.129 e. The molecule has 0 fully saturated rings. The summed E-state index contributed by atoms with van der Waals surface area (Å²) in [6.45, 7) is 9.50. The molecular weight excluding hydrogens is 428 g/mol. The van der Waals surface area contributed by atoms with Crippen LogP contribution < -0.4 is 0 Å². The second-order valence-corrected chi connectivity index (χ2v) is 11.7. The molecule has 0 aromatic heterocycles. The molecule has 0 nitrogen and oxygen atoms in total. The van der Waals surface area contributed by atoms with Crippen molar-refractivity contribution in [1.29, 1.82) is 0 Å². The lowest BCUT2D eigenvalue weighted by molar-refractivity contribution is 0.501. The molecule has 1 atom stereocenters. The molecule has 0 saturated carbocycles. The highest BCUT2D eigenvalue weighted by Crippen LogP contribution is 2.75. The van der Waals surface area contributed by atoms with E-state index in [0.717, 1.165) is 0 Å². The lowest BCUT2D eigenvalue weighted by Gasteiger charge is -2.26. The van der Waals surface area contributed by atoms with Crippen molar-refractivity contribution in [1.82, 2.24) is 0 Å². The van der Waals surface area contributed by atoms with E-state index in [9.17, 15) is 0 Å². The third-order valence-corrected chi connectivity index (χ3v) is 8.52. The van der Waals surface area contributed by atoms with Crippen LogP contribution in [0.1, 0.15) is 75.6 Å². The monoisotopic (exact) mass is 464 g/mol. The van der Waals surface area contributed by atoms with Crippen molar-refractivity contribution < 1.29 is 0 Å². The number of fused-ring (bicyclic) bond motifs is 2. The Bertz CT molecular complexity index is 1220. The van der Waals surface area contributed by atoms with Gasteiger partial charge in [0.05, 0.1) is 5.41 Å². The third kappa shape index (κ3) is 3.79. The van der Waals surface area contributed by atoms with Crippen molar-refractivity contribution in [3.8, 4) is 0 Å². The predicted molar refractivity (Wildman–Crippen MR) is 150 cm³/mol. The van der Waals surface area contributed by atoms with Gasteiger partial charge in [-0.15, -0.1) is 11.8 Å². The van der Waals surface area contributed by atoms with Gasteiger partial charge in [-0.1, -0.05) is 132 Å². The molecule has 174 valence electrons. The Morgan fingerprint density at radius 1 is 0.706 bits per heavy atom. The van der Waals surface area contributed by atoms with Crippen molar-refractivity contribution in [3.63, 3.8) is 0 Å². The first-order valence-electron chi connectivity index (χ1n) is 12.8. The fourth-order valence-electron chi connectivity index (χ4n) is 5.90. The summed E-state index contributed by atoms with van der Waals surface area (Å²) in [5.41, 5.74) is 10.1. The Balaban J connectivity index is 1.71. The number of unbranched alkanes of at least 4 members (excludes halogenated alkanes) is 3. The van der Waals surface area contributed by atoms with Crippen molar-refractivity contribution in [2.45, 2.75) is 58.8 Å². The molecule has 3 aromatic carbocycles. The average molecular weight is 465 g/mol. The Labute approximate surface area is 210 Å². The van der Waals surface area contributed by atoms with E-state index < -0.39 is 0 Å². The molecule has 2 aliphatic carbocycles. The molecule has 0 aliphatic heterocycles. The molecule has 0 saturated heterocycles. The first-order valence-corrected chi connectivity index (χ1v) is 13.8. The van der Waals surface area contributed by atoms with Gasteiger partial charge in [0.25, 0.3) is 0 Å². The fraction of sp³-hybridized carbons (Fsp3) is 0.333. The van der Waals surface area contributed by atoms with E-state index in [-0.39, 0.29) is 10.8 Å². The van der Waals surface area contributed by atoms with E-state index in [1.54, 1.807) is 10.5 Å². The van der Waals surface area contributed by atoms with Gasteiger partial charge in [-0.2, -0.15) is 0 Å². The van der Waals surface area contributed by atoms with E-state index in [0.29, 0.717) is 0 Å². The Morgan fingerprint density at radius 2 is 1.32 bits per heavy atom. The number of rotatable bonds is 8. The highest BCUT2D eigenvalue weighted by Gasteiger charge is 2.64. The number of hydrogen-bond donors (Lipinski definition) is 0. The molecule has 0 heterocycles. The molecular formula is C33H36S. The van der Waals surface area contributed by atoms with Crippen LogP contribution in [0.15, 0.2) is 95.4 Å². The maximum absolute atomic E-state index is 2.40. The van der Waals surface area contributed by atoms with Crippen LogP contribution in [0.25, 0.3) is 11.1 Å². The van der Waals surface area contributed by atoms with Crippen molar-refractivity contribution in [2.24, 2.45) is 5.41 Å². The summed E-state index contributed by atoms with van der Waals surface area (Å²) in [6.07, 6.45) is 5.27. The molecule has 34 heavy (non-hydrogen) atoms. The van der Waals surface area contributed by atoms with E-state index >= 15 is 0 Å². The first kappa shape index (κ1) is 23.2. The van der Waals surface area contributed by atoms with Gasteiger partial charge in [-0.3, -0.25) is 0 Å². The number of allylic oxidation sites excluding steroid dienone is 3. The summed E-state index contributed by atoms with van der Waals surface area (Å²) < 4.78 is 0. The normalized spacial score (nSPS) is 19.2. The van der Waals surface area contributed by atoms with Gasteiger partial charge in [0.15, 0.2) is 0 Å². The second-order valence-electron chi connectivity index (χ2n) is 10.6. The molecule has 2 aliphatic rings. The molecule has 0 radical (unpaired) electrons. The van der Waals surface area contributed by atoms with Crippen LogP contribution >= 0.6 is 11.8 Å². The van der Waals surface area contributed by atoms with Gasteiger partial charge in [-0.05, 0) is 56.6 Å². The van der Waals surface area contributed by atoms with Crippen LogP contribution in [-0.4, -0.2) is 5.75 Å². The maximum atomic E-state index is 2.40. The highest BCUT2D eigenvalue weighted by atomic mass is 32.2. The van der Waals surface area contributed by atoms with Gasteiger partial charge in [0, 0.05) is 4.91 Å². The van der Waals surface area contributed by atoms with Crippen LogP contribution in [-0.2, 0) is 5.41 Å². The van der Waals surface area contributed by atoms with Crippen LogP contribution in [0.3, 0.4) is 0 Å². The van der Waals surface area contributed by atoms with Crippen LogP contribution in [0.4, 0.5) is 0 Å². The third-order valence-electron chi connectivity index (χ3n) is 7.22. The lowest BCUT2D eigenvalue weighted by Crippen LogP contribution is -2.19. The molecule has 3 aromatic rings. The zero-order valence-electron chi connectivity index (χ0n) is 21.0. The standard InChI is InChI=1S/C33H36S/c1-5-6-7-16-23-34-31-30(32(2,3)4)33(31)27-22-15-14-21-26(27)28(24-17-10-8-11-18-24)29(33)25-19-12-9-13-20-25/h8-15,17-22H,5-7,16,23H2,1-4H3. The van der Waals surface area contributed by atoms with Gasteiger partial charge < -0.3 is 0 Å². The molecule has 1 spiro atoms. The molecule has 1 unspecified atom stereocenters. The SMILES string of the molecule is CCCCCCSC1=C(C(C)(C)C)C12C(c1ccccc1)=C(c1ccccc1)c1ccccc12. The highest BCUT2D eigenvalue weighted by molar-refractivity contribution is 8.03. The summed E-state index contributed by atoms with van der Waals surface area (Å²) in [6, 6.07) is 31.4. The second kappa shape index (κ2) is 9.27. The number of thioether (sulfide) groups is 1. The van der Waals surface area contributed by atoms with Gasteiger partial charge >= 0.3 is 0 Å². The van der Waals surface area contributed by atoms with Gasteiger partial charge in [0.1, 0.15) is 0 Å². The minimum absolute atomic E-state index is 0.0865. The van der Waals surface area contributed by atoms with Crippen LogP contribution in [0, 0.1) is 5.41 Å². The van der Waals surface area contributed by atoms with E-state index in [4.69, 9.17) is 0 Å². The minimum atomic E-state index is -0.0865. The molecule has 5 rings (SSSR count). The molecule has 1 heteroatoms. The summed E-state index contributed by atoms with van der Waals surface area (Å²) >= 11 is 2.13. The maximum Gasteiger partial charge on any atom is 0.0755 e. The number of benzene rings is 3. The van der Waals surface area contributed by atoms with E-state index in [1.165, 1.54) is 64.8 Å². The van der Waals surface area contributed by atoms with Gasteiger partial charge in [0.2, 0.25) is 0 Å². The summed E-state index contributed by atoms with van der Waals surface area (Å²) in [7, 11) is 0. The molecule has 0 bridgehead atoms. The molecule has 0 N–H and O–H groups in total. The van der Waals surface area contributed by atoms with Crippen molar-refractivity contribution >= 4 is 22.9 Å².